The normalized spacial score (nSPS) is 9.87. The number of benzene rings is 1. The predicted octanol–water partition coefficient (Wildman–Crippen LogP) is 0.496. The Kier molecular flexibility index (Phi) is 2.30. The molecule has 0 fully saturated rings. The van der Waals surface area contributed by atoms with E-state index in [9.17, 15) is 20.2 Å². The van der Waals surface area contributed by atoms with Crippen molar-refractivity contribution in [2.45, 2.75) is 0 Å². The van der Waals surface area contributed by atoms with Gasteiger partial charge < -0.3 is 15.9 Å². The van der Waals surface area contributed by atoms with Crippen molar-refractivity contribution in [3.05, 3.63) is 26.3 Å². The molecule has 1 rings (SSSR count). The fourth-order valence-electron chi connectivity index (χ4n) is 0.965. The maximum Gasteiger partial charge on any atom is 0.389 e. The molecule has 0 aliphatic rings. The van der Waals surface area contributed by atoms with Crippen LogP contribution in [-0.2, 0) is 0 Å². The number of nitrogens with two attached hydrogens (primary N) is 1. The third-order valence-electron chi connectivity index (χ3n) is 1.65. The van der Waals surface area contributed by atoms with Crippen LogP contribution in [0.5, 0.6) is 11.5 Å². The van der Waals surface area contributed by atoms with Gasteiger partial charge in [0.25, 0.3) is 0 Å². The van der Waals surface area contributed by atoms with Gasteiger partial charge in [-0.05, 0) is 0 Å². The van der Waals surface area contributed by atoms with Gasteiger partial charge in [0.1, 0.15) is 11.4 Å². The van der Waals surface area contributed by atoms with E-state index in [1.165, 1.54) is 0 Å². The van der Waals surface area contributed by atoms with Gasteiger partial charge in [-0.3, -0.25) is 20.2 Å². The van der Waals surface area contributed by atoms with Crippen molar-refractivity contribution in [3.8, 4) is 11.5 Å². The van der Waals surface area contributed by atoms with Crippen LogP contribution in [0.1, 0.15) is 0 Å². The average molecular weight is 215 g/mol. The van der Waals surface area contributed by atoms with Crippen LogP contribution >= 0.6 is 0 Å². The summed E-state index contributed by atoms with van der Waals surface area (Å²) in [4.78, 5) is 18.5. The molecule has 4 N–H and O–H groups in total. The SMILES string of the molecule is Nc1c(O)cc([N+](=O)[O-])c([N+](=O)[O-])c1O. The summed E-state index contributed by atoms with van der Waals surface area (Å²) < 4.78 is 0. The van der Waals surface area contributed by atoms with Crippen molar-refractivity contribution >= 4 is 17.1 Å². The van der Waals surface area contributed by atoms with Crippen molar-refractivity contribution < 1.29 is 20.1 Å². The van der Waals surface area contributed by atoms with E-state index in [1.807, 2.05) is 0 Å². The molecule has 0 heterocycles. The molecule has 9 heteroatoms. The van der Waals surface area contributed by atoms with Gasteiger partial charge in [0.05, 0.1) is 15.9 Å². The molecule has 1 aromatic rings. The van der Waals surface area contributed by atoms with E-state index in [2.05, 4.69) is 0 Å². The molecule has 0 amide bonds. The molecule has 0 aliphatic carbocycles. The summed E-state index contributed by atoms with van der Waals surface area (Å²) in [6.45, 7) is 0. The molecule has 0 spiro atoms. The number of rotatable bonds is 2. The Labute approximate surface area is 81.7 Å². The molecule has 0 bridgehead atoms. The minimum atomic E-state index is -1.15. The van der Waals surface area contributed by atoms with E-state index in [0.717, 1.165) is 0 Å². The number of phenols is 2. The number of hydrogen-bond donors (Lipinski definition) is 3. The Hall–Kier alpha value is -2.58. The first-order chi connectivity index (χ1) is 6.86. The van der Waals surface area contributed by atoms with Crippen molar-refractivity contribution in [3.63, 3.8) is 0 Å². The Morgan fingerprint density at radius 1 is 1.20 bits per heavy atom. The zero-order chi connectivity index (χ0) is 11.7. The first-order valence-corrected chi connectivity index (χ1v) is 3.49. The number of nitro benzene ring substituents is 2. The van der Waals surface area contributed by atoms with Gasteiger partial charge in [-0.25, -0.2) is 0 Å². The van der Waals surface area contributed by atoms with E-state index in [-0.39, 0.29) is 0 Å². The van der Waals surface area contributed by atoms with E-state index < -0.39 is 38.4 Å². The van der Waals surface area contributed by atoms with Crippen molar-refractivity contribution in [1.29, 1.82) is 0 Å². The van der Waals surface area contributed by atoms with E-state index >= 15 is 0 Å². The van der Waals surface area contributed by atoms with Gasteiger partial charge in [-0.15, -0.1) is 0 Å². The summed E-state index contributed by atoms with van der Waals surface area (Å²) in [5.74, 6) is -1.91. The number of anilines is 1. The Morgan fingerprint density at radius 2 is 1.73 bits per heavy atom. The van der Waals surface area contributed by atoms with Crippen LogP contribution in [0.4, 0.5) is 17.1 Å². The highest BCUT2D eigenvalue weighted by Crippen LogP contribution is 2.44. The number of phenolic OH excluding ortho intramolecular Hbond substituents is 2. The Morgan fingerprint density at radius 3 is 2.13 bits per heavy atom. The lowest BCUT2D eigenvalue weighted by atomic mass is 10.2. The third kappa shape index (κ3) is 1.57. The molecule has 1 aromatic carbocycles. The molecular formula is C6H5N3O6. The standard InChI is InChI=1S/C6H5N3O6/c7-4-3(10)1-2(8(12)13)5(6(4)11)9(14)15/h1,10-11H,7H2. The minimum absolute atomic E-state index is 0.507. The van der Waals surface area contributed by atoms with Crippen LogP contribution in [0.15, 0.2) is 6.07 Å². The largest absolute Gasteiger partial charge is 0.505 e. The molecule has 0 saturated carbocycles. The zero-order valence-corrected chi connectivity index (χ0v) is 7.08. The van der Waals surface area contributed by atoms with Gasteiger partial charge in [-0.2, -0.15) is 0 Å². The fraction of sp³-hybridized carbons (Fsp3) is 0. The highest BCUT2D eigenvalue weighted by molar-refractivity contribution is 5.77. The second-order valence-corrected chi connectivity index (χ2v) is 2.54. The quantitative estimate of drug-likeness (QED) is 0.281. The molecular weight excluding hydrogens is 210 g/mol. The molecule has 0 radical (unpaired) electrons. The predicted molar refractivity (Wildman–Crippen MR) is 47.5 cm³/mol. The summed E-state index contributed by atoms with van der Waals surface area (Å²) in [5.41, 5.74) is 2.22. The fourth-order valence-corrected chi connectivity index (χ4v) is 0.965. The minimum Gasteiger partial charge on any atom is -0.505 e. The molecule has 0 aliphatic heterocycles. The maximum atomic E-state index is 10.4. The van der Waals surface area contributed by atoms with Crippen LogP contribution in [-0.4, -0.2) is 20.1 Å². The molecule has 0 saturated heterocycles. The van der Waals surface area contributed by atoms with Gasteiger partial charge in [0.15, 0.2) is 0 Å². The molecule has 0 aromatic heterocycles. The Balaban J connectivity index is 3.65. The van der Waals surface area contributed by atoms with Crippen molar-refractivity contribution in [2.75, 3.05) is 5.73 Å². The van der Waals surface area contributed by atoms with Crippen LogP contribution in [0, 0.1) is 20.2 Å². The Bertz CT molecular complexity index is 457. The van der Waals surface area contributed by atoms with Crippen LogP contribution in [0.3, 0.4) is 0 Å². The lowest BCUT2D eigenvalue weighted by molar-refractivity contribution is -0.423. The lowest BCUT2D eigenvalue weighted by Gasteiger charge is -2.02. The highest BCUT2D eigenvalue weighted by Gasteiger charge is 2.32. The highest BCUT2D eigenvalue weighted by atomic mass is 16.6. The molecule has 9 nitrogen and oxygen atoms in total. The summed E-state index contributed by atoms with van der Waals surface area (Å²) in [6.07, 6.45) is 0. The van der Waals surface area contributed by atoms with Crippen molar-refractivity contribution in [1.82, 2.24) is 0 Å². The smallest absolute Gasteiger partial charge is 0.389 e. The first kappa shape index (κ1) is 10.5. The molecule has 0 atom stereocenters. The second kappa shape index (κ2) is 3.29. The number of nitro groups is 2. The van der Waals surface area contributed by atoms with E-state index in [4.69, 9.17) is 15.9 Å². The number of aromatic hydroxyl groups is 2. The second-order valence-electron chi connectivity index (χ2n) is 2.54. The number of nitrogen functional groups attached to an aromatic ring is 1. The molecule has 15 heavy (non-hydrogen) atoms. The lowest BCUT2D eigenvalue weighted by Crippen LogP contribution is -1.99. The summed E-state index contributed by atoms with van der Waals surface area (Å²) in [6, 6.07) is 0.507. The van der Waals surface area contributed by atoms with Crippen LogP contribution in [0.2, 0.25) is 0 Å². The number of hydrogen-bond acceptors (Lipinski definition) is 7. The van der Waals surface area contributed by atoms with Crippen molar-refractivity contribution in [2.24, 2.45) is 0 Å². The maximum absolute atomic E-state index is 10.4. The average Bonchev–Trinajstić information content (AvgIpc) is 2.12. The number of nitrogens with zero attached hydrogens (tertiary/aromatic N) is 2. The molecule has 0 unspecified atom stereocenters. The summed E-state index contributed by atoms with van der Waals surface area (Å²) >= 11 is 0. The van der Waals surface area contributed by atoms with Gasteiger partial charge in [0.2, 0.25) is 5.75 Å². The summed E-state index contributed by atoms with van der Waals surface area (Å²) in [7, 11) is 0. The summed E-state index contributed by atoms with van der Waals surface area (Å²) in [5, 5.41) is 39.0. The van der Waals surface area contributed by atoms with Crippen LogP contribution < -0.4 is 5.73 Å². The van der Waals surface area contributed by atoms with Gasteiger partial charge >= 0.3 is 11.4 Å². The van der Waals surface area contributed by atoms with E-state index in [1.54, 1.807) is 0 Å². The van der Waals surface area contributed by atoms with Crippen LogP contribution in [0.25, 0.3) is 0 Å². The topological polar surface area (TPSA) is 153 Å². The van der Waals surface area contributed by atoms with E-state index in [0.29, 0.717) is 6.07 Å². The first-order valence-electron chi connectivity index (χ1n) is 3.49. The third-order valence-corrected chi connectivity index (χ3v) is 1.65. The molecule has 80 valence electrons. The monoisotopic (exact) mass is 215 g/mol. The van der Waals surface area contributed by atoms with Gasteiger partial charge in [-0.1, -0.05) is 0 Å². The van der Waals surface area contributed by atoms with Gasteiger partial charge in [0, 0.05) is 0 Å². The zero-order valence-electron chi connectivity index (χ0n) is 7.08.